The van der Waals surface area contributed by atoms with E-state index < -0.39 is 0 Å². The van der Waals surface area contributed by atoms with Gasteiger partial charge in [-0.05, 0) is 44.0 Å². The normalized spacial score (nSPS) is 10.7. The van der Waals surface area contributed by atoms with Gasteiger partial charge in [-0.15, -0.1) is 0 Å². The van der Waals surface area contributed by atoms with Gasteiger partial charge in [0.1, 0.15) is 0 Å². The summed E-state index contributed by atoms with van der Waals surface area (Å²) in [4.78, 5) is 8.96. The zero-order valence-corrected chi connectivity index (χ0v) is 12.8. The average Bonchev–Trinajstić information content (AvgIpc) is 2.34. The maximum atomic E-state index is 6.15. The van der Waals surface area contributed by atoms with E-state index in [1.165, 1.54) is 0 Å². The third kappa shape index (κ3) is 3.39. The molecule has 0 radical (unpaired) electrons. The second kappa shape index (κ2) is 5.80. The summed E-state index contributed by atoms with van der Waals surface area (Å²) < 4.78 is 0. The van der Waals surface area contributed by atoms with Gasteiger partial charge in [-0.1, -0.05) is 29.4 Å². The van der Waals surface area contributed by atoms with Gasteiger partial charge in [-0.2, -0.15) is 0 Å². The van der Waals surface area contributed by atoms with E-state index in [1.54, 1.807) is 17.8 Å². The highest BCUT2D eigenvalue weighted by Crippen LogP contribution is 2.27. The Labute approximate surface area is 122 Å². The Morgan fingerprint density at radius 1 is 1.16 bits per heavy atom. The predicted octanol–water partition coefficient (Wildman–Crippen LogP) is 3.93. The predicted molar refractivity (Wildman–Crippen MR) is 81.7 cm³/mol. The van der Waals surface area contributed by atoms with Crippen molar-refractivity contribution in [1.82, 2.24) is 9.97 Å². The molecule has 100 valence electrons. The smallest absolute Gasteiger partial charge is 0.188 e. The molecule has 0 atom stereocenters. The van der Waals surface area contributed by atoms with E-state index in [1.807, 2.05) is 32.9 Å². The van der Waals surface area contributed by atoms with Gasteiger partial charge in [0, 0.05) is 27.9 Å². The summed E-state index contributed by atoms with van der Waals surface area (Å²) in [6.45, 7) is 6.05. The number of hydrogen-bond acceptors (Lipinski definition) is 4. The molecule has 0 fully saturated rings. The summed E-state index contributed by atoms with van der Waals surface area (Å²) in [5.41, 5.74) is 10.6. The fraction of sp³-hybridized carbons (Fsp3) is 0.286. The van der Waals surface area contributed by atoms with Crippen molar-refractivity contribution >= 4 is 29.1 Å². The first-order valence-corrected chi connectivity index (χ1v) is 7.32. The van der Waals surface area contributed by atoms with Crippen LogP contribution in [-0.2, 0) is 5.75 Å². The topological polar surface area (TPSA) is 51.8 Å². The second-order valence-electron chi connectivity index (χ2n) is 4.44. The van der Waals surface area contributed by atoms with Crippen LogP contribution in [0.3, 0.4) is 0 Å². The maximum absolute atomic E-state index is 6.15. The van der Waals surface area contributed by atoms with E-state index in [0.29, 0.717) is 10.7 Å². The van der Waals surface area contributed by atoms with E-state index in [2.05, 4.69) is 9.97 Å². The summed E-state index contributed by atoms with van der Waals surface area (Å²) in [5.74, 6) is 0.737. The van der Waals surface area contributed by atoms with Gasteiger partial charge in [0.05, 0.1) is 0 Å². The van der Waals surface area contributed by atoms with Crippen molar-refractivity contribution in [3.05, 3.63) is 45.7 Å². The van der Waals surface area contributed by atoms with Gasteiger partial charge in [-0.3, -0.25) is 0 Å². The number of anilines is 1. The molecule has 2 N–H and O–H groups in total. The Balaban J connectivity index is 2.14. The minimum Gasteiger partial charge on any atom is -0.399 e. The lowest BCUT2D eigenvalue weighted by Gasteiger charge is -2.08. The quantitative estimate of drug-likeness (QED) is 0.529. The zero-order chi connectivity index (χ0) is 14.0. The van der Waals surface area contributed by atoms with Gasteiger partial charge < -0.3 is 5.73 Å². The lowest BCUT2D eigenvalue weighted by Crippen LogP contribution is -1.98. The average molecular weight is 294 g/mol. The van der Waals surface area contributed by atoms with Crippen molar-refractivity contribution in [3.63, 3.8) is 0 Å². The van der Waals surface area contributed by atoms with Crippen molar-refractivity contribution in [1.29, 1.82) is 0 Å². The van der Waals surface area contributed by atoms with Crippen LogP contribution >= 0.6 is 23.4 Å². The van der Waals surface area contributed by atoms with Crippen molar-refractivity contribution in [2.75, 3.05) is 5.73 Å². The third-order valence-corrected chi connectivity index (χ3v) is 4.29. The van der Waals surface area contributed by atoms with Crippen LogP contribution in [0, 0.1) is 20.8 Å². The monoisotopic (exact) mass is 293 g/mol. The molecule has 1 aromatic heterocycles. The molecule has 0 aliphatic carbocycles. The van der Waals surface area contributed by atoms with Crippen LogP contribution in [0.2, 0.25) is 5.02 Å². The SMILES string of the molecule is Cc1nc(SCc2ccc(N)cc2Cl)nc(C)c1C. The highest BCUT2D eigenvalue weighted by atomic mass is 35.5. The summed E-state index contributed by atoms with van der Waals surface area (Å²) >= 11 is 7.73. The number of halogens is 1. The molecule has 0 saturated carbocycles. The van der Waals surface area contributed by atoms with E-state index in [4.69, 9.17) is 17.3 Å². The fourth-order valence-corrected chi connectivity index (χ4v) is 2.90. The van der Waals surface area contributed by atoms with E-state index in [-0.39, 0.29) is 0 Å². The molecular weight excluding hydrogens is 278 g/mol. The van der Waals surface area contributed by atoms with Gasteiger partial charge in [0.2, 0.25) is 0 Å². The highest BCUT2D eigenvalue weighted by molar-refractivity contribution is 7.98. The first-order valence-electron chi connectivity index (χ1n) is 5.96. The van der Waals surface area contributed by atoms with E-state index in [0.717, 1.165) is 33.4 Å². The van der Waals surface area contributed by atoms with Crippen LogP contribution < -0.4 is 5.73 Å². The third-order valence-electron chi connectivity index (χ3n) is 3.05. The second-order valence-corrected chi connectivity index (χ2v) is 5.79. The maximum Gasteiger partial charge on any atom is 0.188 e. The molecule has 1 aromatic carbocycles. The first kappa shape index (κ1) is 14.2. The standard InChI is InChI=1S/C14H16ClN3S/c1-8-9(2)17-14(18-10(8)3)19-7-11-4-5-12(16)6-13(11)15/h4-6H,7,16H2,1-3H3. The molecule has 0 spiro atoms. The number of rotatable bonds is 3. The van der Waals surface area contributed by atoms with Crippen LogP contribution in [0.5, 0.6) is 0 Å². The van der Waals surface area contributed by atoms with Crippen molar-refractivity contribution in [2.24, 2.45) is 0 Å². The molecule has 19 heavy (non-hydrogen) atoms. The Hall–Kier alpha value is -1.26. The molecule has 2 aromatic rings. The number of hydrogen-bond donors (Lipinski definition) is 1. The minimum atomic E-state index is 0.678. The number of thioether (sulfide) groups is 1. The molecular formula is C14H16ClN3S. The van der Waals surface area contributed by atoms with E-state index >= 15 is 0 Å². The van der Waals surface area contributed by atoms with Crippen LogP contribution in [-0.4, -0.2) is 9.97 Å². The molecule has 2 rings (SSSR count). The van der Waals surface area contributed by atoms with Crippen molar-refractivity contribution in [3.8, 4) is 0 Å². The van der Waals surface area contributed by atoms with Crippen molar-refractivity contribution in [2.45, 2.75) is 31.7 Å². The fourth-order valence-electron chi connectivity index (χ4n) is 1.63. The molecule has 0 unspecified atom stereocenters. The molecule has 0 amide bonds. The summed E-state index contributed by atoms with van der Waals surface area (Å²) in [6, 6.07) is 5.57. The minimum absolute atomic E-state index is 0.678. The Kier molecular flexibility index (Phi) is 4.32. The molecule has 0 aliphatic rings. The van der Waals surface area contributed by atoms with Crippen LogP contribution in [0.15, 0.2) is 23.4 Å². The van der Waals surface area contributed by atoms with Crippen molar-refractivity contribution < 1.29 is 0 Å². The zero-order valence-electron chi connectivity index (χ0n) is 11.2. The van der Waals surface area contributed by atoms with Gasteiger partial charge in [-0.25, -0.2) is 9.97 Å². The lowest BCUT2D eigenvalue weighted by molar-refractivity contribution is 0.880. The molecule has 0 saturated heterocycles. The van der Waals surface area contributed by atoms with Gasteiger partial charge >= 0.3 is 0 Å². The Bertz CT molecular complexity index is 591. The molecule has 1 heterocycles. The number of aryl methyl sites for hydroxylation is 2. The number of nitrogens with two attached hydrogens (primary N) is 1. The lowest BCUT2D eigenvalue weighted by atomic mass is 10.2. The molecule has 3 nitrogen and oxygen atoms in total. The van der Waals surface area contributed by atoms with Crippen LogP contribution in [0.4, 0.5) is 5.69 Å². The van der Waals surface area contributed by atoms with Gasteiger partial charge in [0.15, 0.2) is 5.16 Å². The van der Waals surface area contributed by atoms with Crippen LogP contribution in [0.25, 0.3) is 0 Å². The molecule has 0 aliphatic heterocycles. The molecule has 5 heteroatoms. The Morgan fingerprint density at radius 2 is 1.79 bits per heavy atom. The van der Waals surface area contributed by atoms with Gasteiger partial charge in [0.25, 0.3) is 0 Å². The number of aromatic nitrogens is 2. The number of benzene rings is 1. The highest BCUT2D eigenvalue weighted by Gasteiger charge is 2.07. The van der Waals surface area contributed by atoms with E-state index in [9.17, 15) is 0 Å². The Morgan fingerprint density at radius 3 is 2.37 bits per heavy atom. The largest absolute Gasteiger partial charge is 0.399 e. The summed E-state index contributed by atoms with van der Waals surface area (Å²) in [7, 11) is 0. The first-order chi connectivity index (χ1) is 8.97. The summed E-state index contributed by atoms with van der Waals surface area (Å²) in [6.07, 6.45) is 0. The van der Waals surface area contributed by atoms with Crippen LogP contribution in [0.1, 0.15) is 22.5 Å². The molecule has 0 bridgehead atoms. The summed E-state index contributed by atoms with van der Waals surface area (Å²) in [5, 5.41) is 1.47. The number of nitrogens with zero attached hydrogens (tertiary/aromatic N) is 2. The number of nitrogen functional groups attached to an aromatic ring is 1.